The lowest BCUT2D eigenvalue weighted by atomic mass is 9.89. The predicted octanol–water partition coefficient (Wildman–Crippen LogP) is 5.01. The van der Waals surface area contributed by atoms with Gasteiger partial charge in [-0.2, -0.15) is 5.06 Å². The number of hydrogen-bond donors (Lipinski definition) is 1. The van der Waals surface area contributed by atoms with Crippen molar-refractivity contribution in [3.63, 3.8) is 0 Å². The first-order valence-corrected chi connectivity index (χ1v) is 8.26. The molecule has 0 radical (unpaired) electrons. The molecule has 0 saturated heterocycles. The van der Waals surface area contributed by atoms with Crippen LogP contribution in [0.4, 0.5) is 0 Å². The summed E-state index contributed by atoms with van der Waals surface area (Å²) in [6.45, 7) is 4.05. The Hall–Kier alpha value is -0.0800. The number of hydrogen-bond acceptors (Lipinski definition) is 2. The molecule has 1 rings (SSSR count). The molecule has 0 spiro atoms. The summed E-state index contributed by atoms with van der Waals surface area (Å²) in [6, 6.07) is 0. The van der Waals surface area contributed by atoms with Crippen LogP contribution in [0, 0.1) is 5.92 Å². The van der Waals surface area contributed by atoms with E-state index in [9.17, 15) is 5.21 Å². The quantitative estimate of drug-likeness (QED) is 0.438. The zero-order chi connectivity index (χ0) is 13.1. The molecule has 0 heterocycles. The van der Waals surface area contributed by atoms with Gasteiger partial charge in [0.1, 0.15) is 0 Å². The monoisotopic (exact) mass is 255 g/mol. The molecule has 0 aliphatic heterocycles. The van der Waals surface area contributed by atoms with Crippen LogP contribution in [-0.4, -0.2) is 23.4 Å². The van der Waals surface area contributed by atoms with E-state index in [0.29, 0.717) is 0 Å². The highest BCUT2D eigenvalue weighted by Gasteiger charge is 2.15. The van der Waals surface area contributed by atoms with Gasteiger partial charge in [0.2, 0.25) is 0 Å². The number of unbranched alkanes of at least 4 members (excludes halogenated alkanes) is 6. The summed E-state index contributed by atoms with van der Waals surface area (Å²) >= 11 is 0. The van der Waals surface area contributed by atoms with Crippen molar-refractivity contribution in [1.82, 2.24) is 5.06 Å². The van der Waals surface area contributed by atoms with Crippen LogP contribution in [0.1, 0.15) is 84.0 Å². The van der Waals surface area contributed by atoms with Crippen LogP contribution in [0.3, 0.4) is 0 Å². The molecule has 18 heavy (non-hydrogen) atoms. The fourth-order valence-electron chi connectivity index (χ4n) is 3.01. The highest BCUT2D eigenvalue weighted by molar-refractivity contribution is 4.67. The van der Waals surface area contributed by atoms with Gasteiger partial charge in [-0.1, -0.05) is 64.7 Å². The van der Waals surface area contributed by atoms with Crippen LogP contribution >= 0.6 is 0 Å². The molecule has 1 aliphatic rings. The molecule has 1 fully saturated rings. The van der Waals surface area contributed by atoms with Crippen molar-refractivity contribution in [2.45, 2.75) is 84.0 Å². The van der Waals surface area contributed by atoms with Crippen LogP contribution in [0.15, 0.2) is 0 Å². The van der Waals surface area contributed by atoms with Gasteiger partial charge in [0, 0.05) is 13.1 Å². The number of hydroxylamine groups is 2. The molecule has 0 aromatic heterocycles. The van der Waals surface area contributed by atoms with E-state index in [-0.39, 0.29) is 0 Å². The molecule has 0 unspecified atom stereocenters. The van der Waals surface area contributed by atoms with Crippen molar-refractivity contribution >= 4 is 0 Å². The molecule has 0 aromatic rings. The van der Waals surface area contributed by atoms with E-state index in [1.807, 2.05) is 0 Å². The number of rotatable bonds is 10. The second-order valence-electron chi connectivity index (χ2n) is 6.04. The van der Waals surface area contributed by atoms with Gasteiger partial charge in [-0.25, -0.2) is 0 Å². The molecular weight excluding hydrogens is 222 g/mol. The van der Waals surface area contributed by atoms with Crippen molar-refractivity contribution in [3.8, 4) is 0 Å². The summed E-state index contributed by atoms with van der Waals surface area (Å²) in [5.74, 6) is 0.758. The third-order valence-corrected chi connectivity index (χ3v) is 4.21. The normalized spacial score (nSPS) is 17.5. The molecule has 2 heteroatoms. The van der Waals surface area contributed by atoms with Gasteiger partial charge < -0.3 is 5.21 Å². The summed E-state index contributed by atoms with van der Waals surface area (Å²) in [5.41, 5.74) is 0. The SMILES string of the molecule is CCCCCCCCCN(O)CC1CCCCC1. The Bertz CT molecular complexity index is 178. The molecule has 0 bridgehead atoms. The Kier molecular flexibility index (Phi) is 9.59. The van der Waals surface area contributed by atoms with Crippen molar-refractivity contribution < 1.29 is 5.21 Å². The Morgan fingerprint density at radius 2 is 1.50 bits per heavy atom. The van der Waals surface area contributed by atoms with E-state index in [1.54, 1.807) is 5.06 Å². The highest BCUT2D eigenvalue weighted by Crippen LogP contribution is 2.24. The zero-order valence-corrected chi connectivity index (χ0v) is 12.4. The van der Waals surface area contributed by atoms with E-state index in [2.05, 4.69) is 6.92 Å². The molecule has 2 nitrogen and oxygen atoms in total. The first kappa shape index (κ1) is 16.0. The summed E-state index contributed by atoms with van der Waals surface area (Å²) in [7, 11) is 0. The molecule has 0 amide bonds. The van der Waals surface area contributed by atoms with Crippen molar-refractivity contribution in [3.05, 3.63) is 0 Å². The highest BCUT2D eigenvalue weighted by atomic mass is 16.5. The van der Waals surface area contributed by atoms with Crippen LogP contribution in [0.5, 0.6) is 0 Å². The van der Waals surface area contributed by atoms with Gasteiger partial charge >= 0.3 is 0 Å². The van der Waals surface area contributed by atoms with Gasteiger partial charge in [-0.3, -0.25) is 0 Å². The lowest BCUT2D eigenvalue weighted by Gasteiger charge is -2.25. The van der Waals surface area contributed by atoms with E-state index >= 15 is 0 Å². The largest absolute Gasteiger partial charge is 0.314 e. The molecule has 0 aromatic carbocycles. The second-order valence-corrected chi connectivity index (χ2v) is 6.04. The summed E-state index contributed by atoms with van der Waals surface area (Å²) in [4.78, 5) is 0. The Balaban J connectivity index is 1.88. The summed E-state index contributed by atoms with van der Waals surface area (Å²) < 4.78 is 0. The van der Waals surface area contributed by atoms with E-state index in [0.717, 1.165) is 25.4 Å². The van der Waals surface area contributed by atoms with Crippen molar-refractivity contribution in [2.24, 2.45) is 5.92 Å². The fourth-order valence-corrected chi connectivity index (χ4v) is 3.01. The molecule has 1 aliphatic carbocycles. The molecule has 108 valence electrons. The third kappa shape index (κ3) is 8.10. The minimum absolute atomic E-state index is 0.758. The van der Waals surface area contributed by atoms with Crippen LogP contribution in [0.25, 0.3) is 0 Å². The third-order valence-electron chi connectivity index (χ3n) is 4.21. The molecule has 1 N–H and O–H groups in total. The minimum Gasteiger partial charge on any atom is -0.314 e. The maximum atomic E-state index is 9.88. The lowest BCUT2D eigenvalue weighted by molar-refractivity contribution is -0.105. The standard InChI is InChI=1S/C16H33NO/c1-2-3-4-5-6-7-11-14-17(18)15-16-12-9-8-10-13-16/h16,18H,2-15H2,1H3. The van der Waals surface area contributed by atoms with Crippen molar-refractivity contribution in [1.29, 1.82) is 0 Å². The second kappa shape index (κ2) is 10.8. The maximum Gasteiger partial charge on any atom is 0.0266 e. The summed E-state index contributed by atoms with van der Waals surface area (Å²) in [6.07, 6.45) is 16.1. The predicted molar refractivity (Wildman–Crippen MR) is 77.9 cm³/mol. The minimum atomic E-state index is 0.758. The van der Waals surface area contributed by atoms with Gasteiger partial charge in [0.25, 0.3) is 0 Å². The zero-order valence-electron chi connectivity index (χ0n) is 12.4. The first-order valence-electron chi connectivity index (χ1n) is 8.26. The Labute approximate surface area is 114 Å². The molecular formula is C16H33NO. The van der Waals surface area contributed by atoms with Crippen LogP contribution in [0.2, 0.25) is 0 Å². The molecule has 1 saturated carbocycles. The van der Waals surface area contributed by atoms with Crippen LogP contribution in [-0.2, 0) is 0 Å². The molecule has 0 atom stereocenters. The maximum absolute atomic E-state index is 9.88. The fraction of sp³-hybridized carbons (Fsp3) is 1.00. The van der Waals surface area contributed by atoms with Gasteiger partial charge in [0.15, 0.2) is 0 Å². The Morgan fingerprint density at radius 3 is 2.17 bits per heavy atom. The van der Waals surface area contributed by atoms with Gasteiger partial charge in [0.05, 0.1) is 0 Å². The number of nitrogens with zero attached hydrogens (tertiary/aromatic N) is 1. The average molecular weight is 255 g/mol. The Morgan fingerprint density at radius 1 is 0.889 bits per heavy atom. The van der Waals surface area contributed by atoms with E-state index < -0.39 is 0 Å². The van der Waals surface area contributed by atoms with Crippen molar-refractivity contribution in [2.75, 3.05) is 13.1 Å². The smallest absolute Gasteiger partial charge is 0.0266 e. The van der Waals surface area contributed by atoms with Crippen LogP contribution < -0.4 is 0 Å². The lowest BCUT2D eigenvalue weighted by Crippen LogP contribution is -2.28. The first-order chi connectivity index (χ1) is 8.83. The topological polar surface area (TPSA) is 23.5 Å². The average Bonchev–Trinajstić information content (AvgIpc) is 2.39. The van der Waals surface area contributed by atoms with Gasteiger partial charge in [-0.05, 0) is 25.2 Å². The summed E-state index contributed by atoms with van der Waals surface area (Å²) in [5, 5.41) is 11.5. The van der Waals surface area contributed by atoms with Gasteiger partial charge in [-0.15, -0.1) is 0 Å². The van der Waals surface area contributed by atoms with E-state index in [1.165, 1.54) is 70.6 Å². The van der Waals surface area contributed by atoms with E-state index in [4.69, 9.17) is 0 Å².